The summed E-state index contributed by atoms with van der Waals surface area (Å²) in [6.45, 7) is 3.36. The zero-order chi connectivity index (χ0) is 14.0. The zero-order valence-electron chi connectivity index (χ0n) is 11.1. The van der Waals surface area contributed by atoms with Gasteiger partial charge in [0.15, 0.2) is 0 Å². The number of nitrogens with zero attached hydrogens (tertiary/aromatic N) is 1. The minimum absolute atomic E-state index is 0.0483. The number of ether oxygens (including phenoxy) is 1. The van der Waals surface area contributed by atoms with E-state index in [1.165, 1.54) is 6.07 Å². The van der Waals surface area contributed by atoms with Crippen LogP contribution in [-0.2, 0) is 4.74 Å². The van der Waals surface area contributed by atoms with Gasteiger partial charge in [-0.1, -0.05) is 18.5 Å². The van der Waals surface area contributed by atoms with E-state index in [0.717, 1.165) is 6.42 Å². The number of amides is 1. The quantitative estimate of drug-likeness (QED) is 0.907. The van der Waals surface area contributed by atoms with E-state index < -0.39 is 0 Å². The number of halogens is 1. The van der Waals surface area contributed by atoms with Gasteiger partial charge in [-0.3, -0.25) is 4.79 Å². The fraction of sp³-hybridized carbons (Fsp3) is 0.500. The monoisotopic (exact) mass is 283 g/mol. The van der Waals surface area contributed by atoms with Crippen LogP contribution in [0.15, 0.2) is 18.2 Å². The van der Waals surface area contributed by atoms with E-state index in [-0.39, 0.29) is 23.3 Å². The molecule has 4 nitrogen and oxygen atoms in total. The number of carbonyl (C=O) groups excluding carboxylic acids is 1. The highest BCUT2D eigenvalue weighted by molar-refractivity contribution is 6.30. The van der Waals surface area contributed by atoms with Crippen molar-refractivity contribution in [2.75, 3.05) is 20.2 Å². The number of carbonyl (C=O) groups is 1. The van der Waals surface area contributed by atoms with E-state index in [2.05, 4.69) is 6.92 Å². The number of hydrogen-bond donors (Lipinski definition) is 1. The van der Waals surface area contributed by atoms with E-state index in [9.17, 15) is 9.90 Å². The van der Waals surface area contributed by atoms with Gasteiger partial charge in [-0.2, -0.15) is 0 Å². The molecule has 2 unspecified atom stereocenters. The third-order valence-corrected chi connectivity index (χ3v) is 3.90. The Morgan fingerprint density at radius 3 is 2.89 bits per heavy atom. The Balaban J connectivity index is 2.15. The predicted molar refractivity (Wildman–Crippen MR) is 73.6 cm³/mol. The zero-order valence-corrected chi connectivity index (χ0v) is 11.9. The van der Waals surface area contributed by atoms with Crippen LogP contribution in [0.3, 0.4) is 0 Å². The molecule has 104 valence electrons. The van der Waals surface area contributed by atoms with Gasteiger partial charge >= 0.3 is 0 Å². The molecule has 19 heavy (non-hydrogen) atoms. The van der Waals surface area contributed by atoms with Crippen molar-refractivity contribution in [3.63, 3.8) is 0 Å². The summed E-state index contributed by atoms with van der Waals surface area (Å²) in [5.74, 6) is 0.182. The molecule has 0 spiro atoms. The first-order chi connectivity index (χ1) is 9.02. The van der Waals surface area contributed by atoms with Crippen molar-refractivity contribution in [2.45, 2.75) is 19.4 Å². The number of rotatable bonds is 2. The average Bonchev–Trinajstić information content (AvgIpc) is 2.38. The van der Waals surface area contributed by atoms with Crippen LogP contribution in [0.25, 0.3) is 0 Å². The van der Waals surface area contributed by atoms with Gasteiger partial charge in [0.05, 0.1) is 11.7 Å². The van der Waals surface area contributed by atoms with Crippen molar-refractivity contribution in [1.82, 2.24) is 4.90 Å². The van der Waals surface area contributed by atoms with E-state index in [1.807, 2.05) is 0 Å². The average molecular weight is 284 g/mol. The Bertz CT molecular complexity index is 478. The van der Waals surface area contributed by atoms with E-state index in [4.69, 9.17) is 16.3 Å². The molecule has 1 fully saturated rings. The number of phenolic OH excluding ortho intramolecular Hbond substituents is 1. The first-order valence-corrected chi connectivity index (χ1v) is 6.71. The molecule has 1 saturated heterocycles. The first kappa shape index (κ1) is 14.2. The fourth-order valence-electron chi connectivity index (χ4n) is 2.38. The van der Waals surface area contributed by atoms with Crippen LogP contribution in [0, 0.1) is 5.92 Å². The molecule has 2 rings (SSSR count). The SMILES string of the molecule is COC1CN(C(=O)c2ccc(Cl)cc2O)CCC1C. The second-order valence-corrected chi connectivity index (χ2v) is 5.39. The Labute approximate surface area is 117 Å². The van der Waals surface area contributed by atoms with Crippen molar-refractivity contribution in [2.24, 2.45) is 5.92 Å². The molecule has 0 aliphatic carbocycles. The summed E-state index contributed by atoms with van der Waals surface area (Å²) in [6.07, 6.45) is 0.950. The highest BCUT2D eigenvalue weighted by Crippen LogP contribution is 2.26. The number of benzene rings is 1. The molecule has 0 radical (unpaired) electrons. The molecule has 0 aromatic heterocycles. The molecule has 1 amide bonds. The molecule has 1 aliphatic rings. The van der Waals surface area contributed by atoms with Crippen LogP contribution in [0.5, 0.6) is 5.75 Å². The molecule has 1 aliphatic heterocycles. The summed E-state index contributed by atoms with van der Waals surface area (Å²) >= 11 is 5.77. The van der Waals surface area contributed by atoms with Gasteiger partial charge in [-0.25, -0.2) is 0 Å². The molecule has 1 aromatic rings. The second kappa shape index (κ2) is 5.80. The van der Waals surface area contributed by atoms with Crippen LogP contribution in [0.2, 0.25) is 5.02 Å². The summed E-state index contributed by atoms with van der Waals surface area (Å²) in [4.78, 5) is 14.1. The number of methoxy groups -OCH3 is 1. The van der Waals surface area contributed by atoms with Gasteiger partial charge in [0.2, 0.25) is 0 Å². The predicted octanol–water partition coefficient (Wildman–Crippen LogP) is 2.54. The maximum atomic E-state index is 12.4. The van der Waals surface area contributed by atoms with E-state index in [0.29, 0.717) is 24.0 Å². The number of phenols is 1. The van der Waals surface area contributed by atoms with Crippen LogP contribution in [0.4, 0.5) is 0 Å². The molecular formula is C14H18ClNO3. The van der Waals surface area contributed by atoms with Gasteiger partial charge in [0.25, 0.3) is 5.91 Å². The Kier molecular flexibility index (Phi) is 4.32. The van der Waals surface area contributed by atoms with Crippen LogP contribution >= 0.6 is 11.6 Å². The Morgan fingerprint density at radius 2 is 2.26 bits per heavy atom. The Morgan fingerprint density at radius 1 is 1.53 bits per heavy atom. The minimum Gasteiger partial charge on any atom is -0.507 e. The summed E-state index contributed by atoms with van der Waals surface area (Å²) < 4.78 is 5.39. The molecule has 0 bridgehead atoms. The first-order valence-electron chi connectivity index (χ1n) is 6.33. The minimum atomic E-state index is -0.178. The van der Waals surface area contributed by atoms with Crippen LogP contribution < -0.4 is 0 Å². The summed E-state index contributed by atoms with van der Waals surface area (Å²) in [7, 11) is 1.66. The molecular weight excluding hydrogens is 266 g/mol. The number of aromatic hydroxyl groups is 1. The van der Waals surface area contributed by atoms with Crippen molar-refractivity contribution in [3.8, 4) is 5.75 Å². The maximum absolute atomic E-state index is 12.4. The number of hydrogen-bond acceptors (Lipinski definition) is 3. The highest BCUT2D eigenvalue weighted by atomic mass is 35.5. The number of likely N-dealkylation sites (tertiary alicyclic amines) is 1. The van der Waals surface area contributed by atoms with Gasteiger partial charge < -0.3 is 14.7 Å². The molecule has 1 heterocycles. The van der Waals surface area contributed by atoms with Gasteiger partial charge in [0, 0.05) is 25.2 Å². The molecule has 0 saturated carbocycles. The van der Waals surface area contributed by atoms with Crippen molar-refractivity contribution >= 4 is 17.5 Å². The normalized spacial score (nSPS) is 23.4. The third kappa shape index (κ3) is 3.01. The largest absolute Gasteiger partial charge is 0.507 e. The lowest BCUT2D eigenvalue weighted by Crippen LogP contribution is -2.46. The summed E-state index contributed by atoms with van der Waals surface area (Å²) in [5.41, 5.74) is 0.286. The van der Waals surface area contributed by atoms with Gasteiger partial charge in [-0.05, 0) is 30.5 Å². The topological polar surface area (TPSA) is 49.8 Å². The standard InChI is InChI=1S/C14H18ClNO3/c1-9-5-6-16(8-13(9)19-2)14(18)11-4-3-10(15)7-12(11)17/h3-4,7,9,13,17H,5-6,8H2,1-2H3. The van der Waals surface area contributed by atoms with E-state index >= 15 is 0 Å². The fourth-order valence-corrected chi connectivity index (χ4v) is 2.55. The van der Waals surface area contributed by atoms with Gasteiger partial charge in [0.1, 0.15) is 5.75 Å². The number of piperidine rings is 1. The van der Waals surface area contributed by atoms with E-state index in [1.54, 1.807) is 24.1 Å². The van der Waals surface area contributed by atoms with Crippen molar-refractivity contribution in [3.05, 3.63) is 28.8 Å². The van der Waals surface area contributed by atoms with Crippen LogP contribution in [-0.4, -0.2) is 42.2 Å². The van der Waals surface area contributed by atoms with Crippen molar-refractivity contribution < 1.29 is 14.6 Å². The summed E-state index contributed by atoms with van der Waals surface area (Å²) in [6, 6.07) is 4.55. The molecule has 2 atom stereocenters. The Hall–Kier alpha value is -1.26. The van der Waals surface area contributed by atoms with Crippen molar-refractivity contribution in [1.29, 1.82) is 0 Å². The maximum Gasteiger partial charge on any atom is 0.257 e. The van der Waals surface area contributed by atoms with Crippen LogP contribution in [0.1, 0.15) is 23.7 Å². The third-order valence-electron chi connectivity index (χ3n) is 3.67. The lowest BCUT2D eigenvalue weighted by molar-refractivity contribution is -0.00165. The second-order valence-electron chi connectivity index (χ2n) is 4.95. The lowest BCUT2D eigenvalue weighted by Gasteiger charge is -2.36. The van der Waals surface area contributed by atoms with Gasteiger partial charge in [-0.15, -0.1) is 0 Å². The smallest absolute Gasteiger partial charge is 0.257 e. The molecule has 1 N–H and O–H groups in total. The highest BCUT2D eigenvalue weighted by Gasteiger charge is 2.30. The molecule has 5 heteroatoms. The lowest BCUT2D eigenvalue weighted by atomic mass is 9.95. The summed E-state index contributed by atoms with van der Waals surface area (Å²) in [5, 5.41) is 10.2. The molecule has 1 aromatic carbocycles.